The van der Waals surface area contributed by atoms with Crippen LogP contribution in [0.2, 0.25) is 0 Å². The van der Waals surface area contributed by atoms with Crippen molar-refractivity contribution in [3.63, 3.8) is 0 Å². The highest BCUT2D eigenvalue weighted by molar-refractivity contribution is 9.10. The van der Waals surface area contributed by atoms with Gasteiger partial charge >= 0.3 is 7.69 Å². The average Bonchev–Trinajstić information content (AvgIpc) is 2.32. The molecule has 16 heavy (non-hydrogen) atoms. The lowest BCUT2D eigenvalue weighted by Crippen LogP contribution is -1.75. The van der Waals surface area contributed by atoms with Crippen molar-refractivity contribution in [1.82, 2.24) is 0 Å². The van der Waals surface area contributed by atoms with Crippen LogP contribution in [0, 0.1) is 0 Å². The molecule has 1 radical (unpaired) electrons. The van der Waals surface area contributed by atoms with E-state index in [4.69, 9.17) is 10.0 Å². The van der Waals surface area contributed by atoms with E-state index in [0.29, 0.717) is 0 Å². The molecule has 0 atom stereocenters. The summed E-state index contributed by atoms with van der Waals surface area (Å²) in [6.07, 6.45) is 0. The minimum absolute atomic E-state index is 0. The molecule has 0 fully saturated rings. The zero-order valence-electron chi connectivity index (χ0n) is 8.55. The Hall–Kier alpha value is -1.10. The molecule has 2 rings (SSSR count). The molecule has 0 saturated heterocycles. The van der Waals surface area contributed by atoms with Crippen molar-refractivity contribution in [3.05, 3.63) is 59.1 Å². The van der Waals surface area contributed by atoms with Gasteiger partial charge in [-0.15, -0.1) is 0 Å². The largest absolute Gasteiger partial charge is 0.482 e. The summed E-state index contributed by atoms with van der Waals surface area (Å²) in [5.41, 5.74) is 2.51. The second-order valence-electron chi connectivity index (χ2n) is 2.99. The molecule has 0 amide bonds. The van der Waals surface area contributed by atoms with Crippen molar-refractivity contribution in [2.24, 2.45) is 0 Å². The summed E-state index contributed by atoms with van der Waals surface area (Å²) in [7, 11) is 0. The molecule has 2 N–H and O–H groups in total. The Labute approximate surface area is 104 Å². The Morgan fingerprint density at radius 1 is 0.750 bits per heavy atom. The van der Waals surface area contributed by atoms with Gasteiger partial charge in [-0.2, -0.15) is 0 Å². The molecule has 0 bridgehead atoms. The first-order valence-corrected chi connectivity index (χ1v) is 5.48. The predicted octanol–water partition coefficient (Wildman–Crippen LogP) is 2.62. The monoisotopic (exact) mass is 277 g/mol. The highest BCUT2D eigenvalue weighted by Crippen LogP contribution is 2.20. The Morgan fingerprint density at radius 3 is 1.69 bits per heavy atom. The lowest BCUT2D eigenvalue weighted by Gasteiger charge is -2.00. The van der Waals surface area contributed by atoms with E-state index in [9.17, 15) is 0 Å². The molecule has 0 aliphatic carbocycles. The zero-order chi connectivity index (χ0) is 11.8. The molecule has 4 heteroatoms. The molecule has 0 aromatic heterocycles. The summed E-state index contributed by atoms with van der Waals surface area (Å²) < 4.78 is 1.12. The van der Waals surface area contributed by atoms with Crippen molar-refractivity contribution < 1.29 is 10.0 Å². The Kier molecular flexibility index (Phi) is 5.86. The normalized spacial score (nSPS) is 8.94. The van der Waals surface area contributed by atoms with Crippen LogP contribution >= 0.6 is 15.9 Å². The average molecular weight is 278 g/mol. The summed E-state index contributed by atoms with van der Waals surface area (Å²) in [6, 6.07) is 18.7. The van der Waals surface area contributed by atoms with E-state index in [1.807, 2.05) is 6.07 Å². The number of halogens is 1. The van der Waals surface area contributed by atoms with Gasteiger partial charge < -0.3 is 10.0 Å². The van der Waals surface area contributed by atoms with Gasteiger partial charge in [0.1, 0.15) is 0 Å². The van der Waals surface area contributed by atoms with Crippen molar-refractivity contribution in [2.45, 2.75) is 0 Å². The number of hydrogen-bond acceptors (Lipinski definition) is 2. The van der Waals surface area contributed by atoms with Crippen LogP contribution in [0.5, 0.6) is 0 Å². The van der Waals surface area contributed by atoms with Crippen molar-refractivity contribution in [2.75, 3.05) is 0 Å². The van der Waals surface area contributed by atoms with Crippen LogP contribution in [0.25, 0.3) is 11.1 Å². The van der Waals surface area contributed by atoms with Gasteiger partial charge in [-0.25, -0.2) is 0 Å². The predicted molar refractivity (Wildman–Crippen MR) is 69.8 cm³/mol. The fourth-order valence-electron chi connectivity index (χ4n) is 1.27. The molecular weight excluding hydrogens is 267 g/mol. The van der Waals surface area contributed by atoms with Crippen LogP contribution < -0.4 is 0 Å². The molecule has 0 spiro atoms. The van der Waals surface area contributed by atoms with Gasteiger partial charge in [0.15, 0.2) is 0 Å². The fraction of sp³-hybridized carbons (Fsp3) is 0. The van der Waals surface area contributed by atoms with E-state index < -0.39 is 0 Å². The van der Waals surface area contributed by atoms with Gasteiger partial charge in [-0.1, -0.05) is 58.4 Å². The lowest BCUT2D eigenvalue weighted by atomic mass is 10.1. The van der Waals surface area contributed by atoms with Gasteiger partial charge in [0.25, 0.3) is 0 Å². The maximum absolute atomic E-state index is 7.00. The molecule has 81 valence electrons. The van der Waals surface area contributed by atoms with E-state index >= 15 is 0 Å². The Bertz CT molecular complexity index is 403. The van der Waals surface area contributed by atoms with Crippen LogP contribution in [0.1, 0.15) is 0 Å². The highest BCUT2D eigenvalue weighted by atomic mass is 79.9. The van der Waals surface area contributed by atoms with E-state index in [-0.39, 0.29) is 7.69 Å². The van der Waals surface area contributed by atoms with Gasteiger partial charge in [0.05, 0.1) is 0 Å². The van der Waals surface area contributed by atoms with Crippen LogP contribution in [0.15, 0.2) is 59.1 Å². The molecule has 0 aliphatic rings. The van der Waals surface area contributed by atoms with Crippen LogP contribution in [-0.4, -0.2) is 17.7 Å². The standard InChI is InChI=1S/C12H9Br.BH2O2/c13-12-8-6-11(7-9-12)10-4-2-1-3-5-10;2-1-3/h1-9H;2-3H. The first kappa shape index (κ1) is 13.0. The number of benzene rings is 2. The summed E-state index contributed by atoms with van der Waals surface area (Å²) in [5, 5.41) is 14.0. The van der Waals surface area contributed by atoms with Gasteiger partial charge in [0, 0.05) is 4.47 Å². The Morgan fingerprint density at radius 2 is 1.19 bits per heavy atom. The number of hydrogen-bond donors (Lipinski definition) is 2. The quantitative estimate of drug-likeness (QED) is 0.787. The van der Waals surface area contributed by atoms with Gasteiger partial charge in [0.2, 0.25) is 0 Å². The third-order valence-corrected chi connectivity index (χ3v) is 2.48. The van der Waals surface area contributed by atoms with E-state index in [1.165, 1.54) is 11.1 Å². The summed E-state index contributed by atoms with van der Waals surface area (Å²) >= 11 is 3.42. The van der Waals surface area contributed by atoms with E-state index in [2.05, 4.69) is 64.5 Å². The summed E-state index contributed by atoms with van der Waals surface area (Å²) in [5.74, 6) is 0. The van der Waals surface area contributed by atoms with Crippen LogP contribution in [0.4, 0.5) is 0 Å². The van der Waals surface area contributed by atoms with Gasteiger partial charge in [-0.05, 0) is 23.3 Å². The third kappa shape index (κ3) is 4.19. The smallest absolute Gasteiger partial charge is 0.429 e. The molecule has 2 nitrogen and oxygen atoms in total. The minimum atomic E-state index is 0. The molecule has 0 unspecified atom stereocenters. The lowest BCUT2D eigenvalue weighted by molar-refractivity contribution is 0.448. The highest BCUT2D eigenvalue weighted by Gasteiger charge is 1.94. The summed E-state index contributed by atoms with van der Waals surface area (Å²) in [4.78, 5) is 0. The second kappa shape index (κ2) is 7.22. The zero-order valence-corrected chi connectivity index (χ0v) is 10.1. The SMILES string of the molecule is Brc1ccc(-c2ccccc2)cc1.O[B]O. The minimum Gasteiger partial charge on any atom is -0.429 e. The summed E-state index contributed by atoms with van der Waals surface area (Å²) in [6.45, 7) is 0. The van der Waals surface area contributed by atoms with Gasteiger partial charge in [-0.3, -0.25) is 0 Å². The molecule has 0 aliphatic heterocycles. The topological polar surface area (TPSA) is 40.5 Å². The second-order valence-corrected chi connectivity index (χ2v) is 3.90. The van der Waals surface area contributed by atoms with Crippen LogP contribution in [0.3, 0.4) is 0 Å². The first-order chi connectivity index (χ1) is 7.77. The fourth-order valence-corrected chi connectivity index (χ4v) is 1.54. The maximum Gasteiger partial charge on any atom is 0.482 e. The molecular formula is C12H11BBrO2. The molecule has 0 saturated carbocycles. The maximum atomic E-state index is 7.00. The van der Waals surface area contributed by atoms with Crippen molar-refractivity contribution in [3.8, 4) is 11.1 Å². The van der Waals surface area contributed by atoms with E-state index in [0.717, 1.165) is 4.47 Å². The third-order valence-electron chi connectivity index (χ3n) is 1.95. The molecule has 0 heterocycles. The number of rotatable bonds is 1. The molecule has 2 aromatic rings. The van der Waals surface area contributed by atoms with Crippen molar-refractivity contribution >= 4 is 23.6 Å². The Balaban J connectivity index is 0.000000386. The van der Waals surface area contributed by atoms with E-state index in [1.54, 1.807) is 0 Å². The molecule has 2 aromatic carbocycles. The van der Waals surface area contributed by atoms with Crippen molar-refractivity contribution in [1.29, 1.82) is 0 Å². The first-order valence-electron chi connectivity index (χ1n) is 4.69. The van der Waals surface area contributed by atoms with Crippen LogP contribution in [-0.2, 0) is 0 Å².